The number of hydrogen-bond donors (Lipinski definition) is 0. The molecular weight excluding hydrogens is 293 g/mol. The first kappa shape index (κ1) is 22.5. The second-order valence-corrected chi connectivity index (χ2v) is 3.72. The number of benzene rings is 1. The van der Waals surface area contributed by atoms with Crippen LogP contribution in [-0.4, -0.2) is 23.1 Å². The van der Waals surface area contributed by atoms with Crippen LogP contribution >= 0.6 is 0 Å². The van der Waals surface area contributed by atoms with Gasteiger partial charge in [0.05, 0.1) is 0 Å². The van der Waals surface area contributed by atoms with Crippen molar-refractivity contribution in [2.75, 3.05) is 0 Å². The van der Waals surface area contributed by atoms with Gasteiger partial charge in [0.2, 0.25) is 0 Å². The van der Waals surface area contributed by atoms with E-state index in [0.717, 1.165) is 25.7 Å². The van der Waals surface area contributed by atoms with Crippen LogP contribution in [0.2, 0.25) is 0 Å². The van der Waals surface area contributed by atoms with E-state index in [0.29, 0.717) is 11.7 Å². The Hall–Kier alpha value is 0.292. The fourth-order valence-corrected chi connectivity index (χ4v) is 2.00. The molecule has 1 saturated carbocycles. The van der Waals surface area contributed by atoms with Gasteiger partial charge < -0.3 is 37.2 Å². The zero-order valence-electron chi connectivity index (χ0n) is 9.41. The van der Waals surface area contributed by atoms with Gasteiger partial charge in [-0.2, -0.15) is 0 Å². The van der Waals surface area contributed by atoms with Gasteiger partial charge >= 0.3 is 17.4 Å². The Kier molecular flexibility index (Phi) is 15.1. The minimum Gasteiger partial charge on any atom is -1.00 e. The molecule has 0 aliphatic heterocycles. The number of halogens is 3. The molecule has 0 N–H and O–H groups in total. The second-order valence-electron chi connectivity index (χ2n) is 3.72. The zero-order valence-corrected chi connectivity index (χ0v) is 12.8. The molecule has 17 heavy (non-hydrogen) atoms. The Labute approximate surface area is 132 Å². The Morgan fingerprint density at radius 1 is 0.882 bits per heavy atom. The summed E-state index contributed by atoms with van der Waals surface area (Å²) < 4.78 is 0. The van der Waals surface area contributed by atoms with E-state index < -0.39 is 0 Å². The Morgan fingerprint density at radius 2 is 1.35 bits per heavy atom. The van der Waals surface area contributed by atoms with Gasteiger partial charge in [-0.25, -0.2) is 0 Å². The second kappa shape index (κ2) is 11.4. The number of Topliss-reactive ketones (excluding diaryl/α,β-unsaturated/α-hetero) is 1. The Morgan fingerprint density at radius 3 is 1.82 bits per heavy atom. The molecule has 0 atom stereocenters. The van der Waals surface area contributed by atoms with E-state index in [1.165, 1.54) is 5.56 Å². The zero-order chi connectivity index (χ0) is 9.10. The molecule has 5 heteroatoms. The average molecular weight is 308 g/mol. The van der Waals surface area contributed by atoms with E-state index in [-0.39, 0.29) is 54.6 Å². The Balaban J connectivity index is -0.000000490. The molecule has 0 spiro atoms. The number of carbonyl (C=O) groups excluding carboxylic acids is 1. The van der Waals surface area contributed by atoms with Crippen LogP contribution in [-0.2, 0) is 4.79 Å². The fraction of sp³-hybridized carbons (Fsp3) is 0.417. The third kappa shape index (κ3) is 6.70. The fourth-order valence-electron chi connectivity index (χ4n) is 2.00. The van der Waals surface area contributed by atoms with Crippen LogP contribution in [0, 0.1) is 0 Å². The van der Waals surface area contributed by atoms with Crippen LogP contribution in [0.4, 0.5) is 0 Å². The van der Waals surface area contributed by atoms with Crippen LogP contribution in [0.15, 0.2) is 30.3 Å². The molecule has 0 saturated heterocycles. The van der Waals surface area contributed by atoms with Gasteiger partial charge in [0, 0.05) is 12.8 Å². The predicted molar refractivity (Wildman–Crippen MR) is 58.4 cm³/mol. The standard InChI is InChI=1S/C12H14O.Al.3ClH/c13-12-8-6-11(7-9-12)10-4-2-1-3-5-10;;;;/h1-5,11H,6-9H2;;3*1H/q;+3;;;/p-3. The summed E-state index contributed by atoms with van der Waals surface area (Å²) in [4.78, 5) is 11.0. The SMILES string of the molecule is O=C1CCC(c2ccccc2)CC1.[Al+3].[Cl-].[Cl-].[Cl-]. The number of rotatable bonds is 1. The van der Waals surface area contributed by atoms with E-state index in [1.54, 1.807) is 0 Å². The van der Waals surface area contributed by atoms with Crippen molar-refractivity contribution >= 4 is 23.1 Å². The number of hydrogen-bond acceptors (Lipinski definition) is 1. The van der Waals surface area contributed by atoms with Gasteiger partial charge in [0.1, 0.15) is 5.78 Å². The van der Waals surface area contributed by atoms with E-state index in [1.807, 2.05) is 6.07 Å². The normalized spacial score (nSPS) is 14.5. The molecule has 1 nitrogen and oxygen atoms in total. The van der Waals surface area contributed by atoms with Crippen molar-refractivity contribution in [1.82, 2.24) is 0 Å². The molecule has 0 radical (unpaired) electrons. The molecule has 0 heterocycles. The van der Waals surface area contributed by atoms with Crippen LogP contribution in [0.1, 0.15) is 37.2 Å². The summed E-state index contributed by atoms with van der Waals surface area (Å²) in [6, 6.07) is 10.5. The molecule has 1 fully saturated rings. The molecule has 1 aliphatic carbocycles. The first-order chi connectivity index (χ1) is 6.36. The quantitative estimate of drug-likeness (QED) is 0.472. The molecule has 0 bridgehead atoms. The first-order valence-corrected chi connectivity index (χ1v) is 4.93. The molecule has 92 valence electrons. The maximum atomic E-state index is 11.0. The minimum atomic E-state index is 0. The van der Waals surface area contributed by atoms with E-state index >= 15 is 0 Å². The van der Waals surface area contributed by atoms with E-state index in [4.69, 9.17) is 0 Å². The van der Waals surface area contributed by atoms with E-state index in [9.17, 15) is 4.79 Å². The summed E-state index contributed by atoms with van der Waals surface area (Å²) in [6.45, 7) is 0. The molecule has 0 amide bonds. The van der Waals surface area contributed by atoms with Gasteiger partial charge in [-0.05, 0) is 24.3 Å². The van der Waals surface area contributed by atoms with E-state index in [2.05, 4.69) is 24.3 Å². The summed E-state index contributed by atoms with van der Waals surface area (Å²) in [7, 11) is 0. The van der Waals surface area contributed by atoms with Crippen LogP contribution in [0.5, 0.6) is 0 Å². The maximum Gasteiger partial charge on any atom is 3.00 e. The van der Waals surface area contributed by atoms with Crippen molar-refractivity contribution in [3.8, 4) is 0 Å². The van der Waals surface area contributed by atoms with Crippen molar-refractivity contribution in [1.29, 1.82) is 0 Å². The summed E-state index contributed by atoms with van der Waals surface area (Å²) in [6.07, 6.45) is 3.64. The number of carbonyl (C=O) groups is 1. The van der Waals surface area contributed by atoms with Crippen molar-refractivity contribution in [3.63, 3.8) is 0 Å². The summed E-state index contributed by atoms with van der Waals surface area (Å²) in [5, 5.41) is 0. The molecule has 2 rings (SSSR count). The van der Waals surface area contributed by atoms with Gasteiger partial charge in [0.15, 0.2) is 0 Å². The van der Waals surface area contributed by atoms with Gasteiger partial charge in [-0.3, -0.25) is 4.79 Å². The molecule has 1 aromatic carbocycles. The van der Waals surface area contributed by atoms with Crippen molar-refractivity contribution in [2.45, 2.75) is 31.6 Å². The summed E-state index contributed by atoms with van der Waals surface area (Å²) in [5.74, 6) is 1.06. The number of ketones is 1. The maximum absolute atomic E-state index is 11.0. The van der Waals surface area contributed by atoms with Gasteiger partial charge in [-0.15, -0.1) is 0 Å². The summed E-state index contributed by atoms with van der Waals surface area (Å²) in [5.41, 5.74) is 1.40. The minimum absolute atomic E-state index is 0. The van der Waals surface area contributed by atoms with Crippen LogP contribution < -0.4 is 37.2 Å². The van der Waals surface area contributed by atoms with Crippen molar-refractivity contribution < 1.29 is 42.0 Å². The van der Waals surface area contributed by atoms with Gasteiger partial charge in [-0.1, -0.05) is 30.3 Å². The van der Waals surface area contributed by atoms with Gasteiger partial charge in [0.25, 0.3) is 0 Å². The third-order valence-corrected chi connectivity index (χ3v) is 2.81. The topological polar surface area (TPSA) is 17.1 Å². The molecule has 0 unspecified atom stereocenters. The first-order valence-electron chi connectivity index (χ1n) is 4.93. The average Bonchev–Trinajstić information content (AvgIpc) is 2.20. The third-order valence-electron chi connectivity index (χ3n) is 2.81. The molecule has 0 aromatic heterocycles. The van der Waals surface area contributed by atoms with Crippen LogP contribution in [0.3, 0.4) is 0 Å². The largest absolute Gasteiger partial charge is 3.00 e. The smallest absolute Gasteiger partial charge is 1.00 e. The Bertz CT molecular complexity index is 296. The summed E-state index contributed by atoms with van der Waals surface area (Å²) >= 11 is 0. The molecular formula is C12H14AlCl3O. The monoisotopic (exact) mass is 306 g/mol. The molecule has 1 aliphatic rings. The van der Waals surface area contributed by atoms with Crippen molar-refractivity contribution in [3.05, 3.63) is 35.9 Å². The van der Waals surface area contributed by atoms with Crippen molar-refractivity contribution in [2.24, 2.45) is 0 Å². The molecule has 1 aromatic rings. The predicted octanol–water partition coefficient (Wildman–Crippen LogP) is -6.46. The van der Waals surface area contributed by atoms with Crippen LogP contribution in [0.25, 0.3) is 0 Å².